The van der Waals surface area contributed by atoms with E-state index in [1.54, 1.807) is 0 Å². The van der Waals surface area contributed by atoms with Crippen LogP contribution in [0.25, 0.3) is 5.65 Å². The number of amides is 2. The zero-order chi connectivity index (χ0) is 35.2. The van der Waals surface area contributed by atoms with Gasteiger partial charge in [0.15, 0.2) is 23.1 Å². The Morgan fingerprint density at radius 1 is 0.917 bits per heavy atom. The van der Waals surface area contributed by atoms with Gasteiger partial charge in [0.25, 0.3) is 5.91 Å². The van der Waals surface area contributed by atoms with Crippen LogP contribution < -0.4 is 16.0 Å². The van der Waals surface area contributed by atoms with Crippen molar-refractivity contribution in [3.8, 4) is 0 Å². The van der Waals surface area contributed by atoms with Gasteiger partial charge in [0.05, 0.1) is 49.7 Å². The molecule has 242 valence electrons. The molecule has 0 saturated carbocycles. The Bertz CT molecular complexity index is 1770. The van der Waals surface area contributed by atoms with E-state index in [0.717, 1.165) is 23.1 Å². The average molecular weight is 648 g/mol. The molecular weight excluding hydrogens is 610 g/mol. The monoisotopic (exact) mass is 649 g/mol. The summed E-state index contributed by atoms with van der Waals surface area (Å²) in [4.78, 5) is 42.8. The molecule has 3 aliphatic rings. The molecule has 3 aliphatic heterocycles. The SMILES string of the molecule is BC1(C(=O)N2C(B)(B)C(B)(B)N(C3COC3)C(B)(B)C2(B)B)CCN(c2c(F)cncc2NC(=O)c2c(N)nn3cc(F)cnc23)CC1. The minimum atomic E-state index is -0.710. The van der Waals surface area contributed by atoms with Gasteiger partial charge < -0.3 is 30.5 Å². The summed E-state index contributed by atoms with van der Waals surface area (Å²) in [7, 11) is 19.6. The number of piperazine rings is 1. The van der Waals surface area contributed by atoms with Crippen molar-refractivity contribution in [1.82, 2.24) is 29.4 Å². The Morgan fingerprint density at radius 2 is 1.52 bits per heavy atom. The number of carbonyl (C=O) groups excluding carboxylic acids is 2. The molecule has 6 rings (SSSR count). The van der Waals surface area contributed by atoms with Crippen molar-refractivity contribution in [2.24, 2.45) is 0 Å². The molecule has 0 radical (unpaired) electrons. The molecule has 23 heteroatoms. The molecule has 6 heterocycles. The van der Waals surface area contributed by atoms with Gasteiger partial charge in [0, 0.05) is 18.4 Å². The van der Waals surface area contributed by atoms with Crippen LogP contribution in [0.2, 0.25) is 5.31 Å². The van der Waals surface area contributed by atoms with Crippen LogP contribution in [0.1, 0.15) is 23.2 Å². The van der Waals surface area contributed by atoms with Crippen LogP contribution in [0.3, 0.4) is 0 Å². The molecule has 3 saturated heterocycles. The number of carbonyl (C=O) groups is 2. The number of rotatable bonds is 5. The highest BCUT2D eigenvalue weighted by Gasteiger charge is 2.65. The van der Waals surface area contributed by atoms with E-state index in [2.05, 4.69) is 93.0 Å². The molecule has 0 aliphatic carbocycles. The van der Waals surface area contributed by atoms with Crippen LogP contribution in [0, 0.1) is 11.6 Å². The number of nitrogens with one attached hydrogen (secondary N) is 1. The molecule has 3 N–H and O–H groups in total. The predicted octanol–water partition coefficient (Wildman–Crippen LogP) is -8.15. The quantitative estimate of drug-likeness (QED) is 0.259. The highest BCUT2D eigenvalue weighted by atomic mass is 19.1. The van der Waals surface area contributed by atoms with Crippen LogP contribution in [0.15, 0.2) is 24.8 Å². The second kappa shape index (κ2) is 11.4. The topological polar surface area (TPSA) is 134 Å². The summed E-state index contributed by atoms with van der Waals surface area (Å²) in [6, 6.07) is 0.276. The Morgan fingerprint density at radius 3 is 2.08 bits per heavy atom. The average Bonchev–Trinajstić information content (AvgIpc) is 3.29. The summed E-state index contributed by atoms with van der Waals surface area (Å²) in [6.07, 6.45) is 5.43. The third-order valence-corrected chi connectivity index (χ3v) is 12.0. The maximum atomic E-state index is 15.5. The van der Waals surface area contributed by atoms with Crippen LogP contribution in [-0.2, 0) is 9.53 Å². The molecule has 0 atom stereocenters. The number of piperidine rings is 1. The lowest BCUT2D eigenvalue weighted by Gasteiger charge is -2.76. The van der Waals surface area contributed by atoms with E-state index in [-0.39, 0.29) is 51.0 Å². The third-order valence-electron chi connectivity index (χ3n) is 12.0. The number of fused-ring (bicyclic) bond motifs is 1. The van der Waals surface area contributed by atoms with E-state index >= 15 is 4.39 Å². The molecular formula is C25H38B9F2N9O3. The van der Waals surface area contributed by atoms with Crippen LogP contribution >= 0.6 is 0 Å². The smallest absolute Gasteiger partial charge is 0.263 e. The van der Waals surface area contributed by atoms with E-state index in [9.17, 15) is 14.0 Å². The van der Waals surface area contributed by atoms with Crippen molar-refractivity contribution in [3.05, 3.63) is 42.0 Å². The molecule has 3 fully saturated rings. The molecule has 0 spiro atoms. The van der Waals surface area contributed by atoms with Crippen molar-refractivity contribution in [2.45, 2.75) is 45.5 Å². The van der Waals surface area contributed by atoms with Gasteiger partial charge in [-0.05, 0) is 34.2 Å². The van der Waals surface area contributed by atoms with Gasteiger partial charge in [-0.3, -0.25) is 14.6 Å². The van der Waals surface area contributed by atoms with Crippen LogP contribution in [0.4, 0.5) is 26.0 Å². The van der Waals surface area contributed by atoms with E-state index in [1.165, 1.54) is 6.20 Å². The van der Waals surface area contributed by atoms with Gasteiger partial charge in [-0.15, -0.1) is 5.10 Å². The first kappa shape index (κ1) is 34.5. The summed E-state index contributed by atoms with van der Waals surface area (Å²) < 4.78 is 35.9. The fourth-order valence-electron chi connectivity index (χ4n) is 8.21. The predicted molar refractivity (Wildman–Crippen MR) is 205 cm³/mol. The molecule has 2 amide bonds. The lowest BCUT2D eigenvalue weighted by atomic mass is 9.26. The molecule has 48 heavy (non-hydrogen) atoms. The Kier molecular flexibility index (Phi) is 8.17. The lowest BCUT2D eigenvalue weighted by Crippen LogP contribution is -2.94. The van der Waals surface area contributed by atoms with Gasteiger partial charge in [-0.1, -0.05) is 0 Å². The molecule has 0 aromatic carbocycles. The number of nitrogen functional groups attached to an aromatic ring is 1. The van der Waals surface area contributed by atoms with Crippen molar-refractivity contribution < 1.29 is 23.1 Å². The largest absolute Gasteiger partial charge is 0.381 e. The summed E-state index contributed by atoms with van der Waals surface area (Å²) in [6.45, 7) is 2.10. The number of nitrogens with two attached hydrogens (primary N) is 1. The van der Waals surface area contributed by atoms with Gasteiger partial charge in [0.1, 0.15) is 81.9 Å². The Labute approximate surface area is 287 Å². The van der Waals surface area contributed by atoms with E-state index in [0.29, 0.717) is 39.1 Å². The lowest BCUT2D eigenvalue weighted by molar-refractivity contribution is -0.159. The summed E-state index contributed by atoms with van der Waals surface area (Å²) in [5.74, 6) is -2.01. The normalized spacial score (nSPS) is 23.0. The number of ether oxygens (including phenoxy) is 1. The third kappa shape index (κ3) is 5.01. The van der Waals surface area contributed by atoms with Crippen molar-refractivity contribution in [1.29, 1.82) is 0 Å². The van der Waals surface area contributed by atoms with Crippen LogP contribution in [-0.4, -0.2) is 166 Å². The van der Waals surface area contributed by atoms with Crippen molar-refractivity contribution in [3.63, 3.8) is 0 Å². The van der Waals surface area contributed by atoms with Gasteiger partial charge in [0.2, 0.25) is 5.91 Å². The number of anilines is 3. The van der Waals surface area contributed by atoms with Gasteiger partial charge >= 0.3 is 0 Å². The second-order valence-corrected chi connectivity index (χ2v) is 15.8. The number of hydrogen-bond donors (Lipinski definition) is 2. The minimum absolute atomic E-state index is 0.0589. The highest BCUT2D eigenvalue weighted by Crippen LogP contribution is 2.49. The van der Waals surface area contributed by atoms with Crippen LogP contribution in [0.5, 0.6) is 0 Å². The molecule has 3 aromatic heterocycles. The number of halogens is 2. The first-order valence-corrected chi connectivity index (χ1v) is 16.5. The van der Waals surface area contributed by atoms with Crippen molar-refractivity contribution in [2.75, 3.05) is 42.3 Å². The van der Waals surface area contributed by atoms with Gasteiger partial charge in [-0.25, -0.2) is 18.3 Å². The molecule has 12 nitrogen and oxygen atoms in total. The summed E-state index contributed by atoms with van der Waals surface area (Å²) in [5, 5.41) is 4.19. The minimum Gasteiger partial charge on any atom is -0.381 e. The Balaban J connectivity index is 1.25. The van der Waals surface area contributed by atoms with Gasteiger partial charge in [-0.2, -0.15) is 0 Å². The zero-order valence-electron chi connectivity index (χ0n) is 29.3. The maximum Gasteiger partial charge on any atom is 0.263 e. The van der Waals surface area contributed by atoms with E-state index < -0.39 is 33.5 Å². The molecule has 0 bridgehead atoms. The van der Waals surface area contributed by atoms with Crippen molar-refractivity contribution >= 4 is 105 Å². The summed E-state index contributed by atoms with van der Waals surface area (Å²) in [5.41, 5.74) is 6.29. The fourth-order valence-corrected chi connectivity index (χ4v) is 8.21. The van der Waals surface area contributed by atoms with E-state index in [4.69, 9.17) is 10.5 Å². The number of aromatic nitrogens is 4. The fraction of sp³-hybridized carbons (Fsp3) is 0.480. The first-order chi connectivity index (χ1) is 22.3. The number of pyridine rings is 1. The zero-order valence-corrected chi connectivity index (χ0v) is 29.3. The summed E-state index contributed by atoms with van der Waals surface area (Å²) >= 11 is 0. The molecule has 0 unspecified atom stereocenters. The number of nitrogens with zero attached hydrogens (tertiary/aromatic N) is 7. The van der Waals surface area contributed by atoms with E-state index in [1.807, 2.05) is 12.7 Å². The molecule has 3 aromatic rings. The maximum absolute atomic E-state index is 15.5. The Hall–Kier alpha value is -3.33. The first-order valence-electron chi connectivity index (χ1n) is 16.5. The standard InChI is InChI=1S/C25H38B9F2N9O3/c26-21(20(47)45-24(31,32)22(27,28)44(12-9-48-10-12)23(29,30)25(45,33)34)1-3-42(4-2-21)16-13(36)6-38-7-14(16)40-19(46)15-17(37)41-43-8-11(35)5-39-18(15)43/h5-8,12H,1-4,9-10,26-34H2,(H2,37,41)(H,40,46). The highest BCUT2D eigenvalue weighted by molar-refractivity contribution is 6.61. The second-order valence-electron chi connectivity index (χ2n) is 15.8. The number of hydrogen-bond acceptors (Lipinski definition) is 9.